The first kappa shape index (κ1) is 29.2. The van der Waals surface area contributed by atoms with Gasteiger partial charge >= 0.3 is 13.8 Å². The summed E-state index contributed by atoms with van der Waals surface area (Å²) in [7, 11) is -3.47. The average Bonchev–Trinajstić information content (AvgIpc) is 3.12. The maximum atomic E-state index is 15.8. The molecule has 0 atom stereocenters. The van der Waals surface area contributed by atoms with Crippen LogP contribution in [0.3, 0.4) is 0 Å². The molecule has 1 heterocycles. The van der Waals surface area contributed by atoms with E-state index >= 15 is 8.78 Å². The third kappa shape index (κ3) is 6.38. The molecule has 0 bridgehead atoms. The van der Waals surface area contributed by atoms with E-state index in [4.69, 9.17) is 9.26 Å². The smallest absolute Gasteiger partial charge is 0.485 e. The van der Waals surface area contributed by atoms with Crippen molar-refractivity contribution in [2.45, 2.75) is 58.5 Å². The second kappa shape index (κ2) is 10.4. The van der Waals surface area contributed by atoms with Crippen LogP contribution in [0.25, 0.3) is 0 Å². The van der Waals surface area contributed by atoms with Crippen LogP contribution in [0, 0.1) is 21.7 Å². The van der Waals surface area contributed by atoms with Crippen molar-refractivity contribution >= 4 is 13.8 Å². The minimum absolute atomic E-state index is 0.00653. The van der Waals surface area contributed by atoms with Gasteiger partial charge in [-0.25, -0.2) is 17.9 Å². The summed E-state index contributed by atoms with van der Waals surface area (Å²) < 4.78 is 54.3. The summed E-state index contributed by atoms with van der Waals surface area (Å²) >= 11 is 0. The van der Waals surface area contributed by atoms with Crippen molar-refractivity contribution in [2.75, 3.05) is 0 Å². The molecule has 2 aromatic carbocycles. The lowest BCUT2D eigenvalue weighted by Crippen LogP contribution is -2.25. The summed E-state index contributed by atoms with van der Waals surface area (Å²) in [6, 6.07) is 6.92. The molecule has 3 rings (SSSR count). The van der Waals surface area contributed by atoms with E-state index in [-0.39, 0.29) is 47.2 Å². The Kier molecular flexibility index (Phi) is 8.02. The van der Waals surface area contributed by atoms with Crippen molar-refractivity contribution in [3.63, 3.8) is 0 Å². The molecule has 0 radical (unpaired) electrons. The summed E-state index contributed by atoms with van der Waals surface area (Å²) in [6.45, 7) is 8.34. The molecule has 0 aliphatic rings. The Hall–Kier alpha value is -3.34. The molecule has 0 aliphatic carbocycles. The second-order valence-corrected chi connectivity index (χ2v) is 11.7. The van der Waals surface area contributed by atoms with Gasteiger partial charge in [0.25, 0.3) is 0 Å². The van der Waals surface area contributed by atoms with Gasteiger partial charge in [-0.15, -0.1) is 0 Å². The van der Waals surface area contributed by atoms with E-state index in [1.807, 2.05) is 0 Å². The minimum Gasteiger partial charge on any atom is -0.485 e. The maximum absolute atomic E-state index is 15.8. The molecule has 10 nitrogen and oxygen atoms in total. The third-order valence-corrected chi connectivity index (χ3v) is 6.47. The Morgan fingerprint density at radius 3 is 2.29 bits per heavy atom. The van der Waals surface area contributed by atoms with E-state index in [2.05, 4.69) is 4.98 Å². The van der Waals surface area contributed by atoms with Crippen LogP contribution >= 0.6 is 7.82 Å². The minimum atomic E-state index is -4.94. The Labute approximate surface area is 218 Å². The zero-order valence-corrected chi connectivity index (χ0v) is 22.8. The lowest BCUT2D eigenvalue weighted by atomic mass is 9.76. The van der Waals surface area contributed by atoms with Crippen molar-refractivity contribution < 1.29 is 37.3 Å². The fourth-order valence-electron chi connectivity index (χ4n) is 4.38. The Balaban J connectivity index is 1.99. The number of rotatable bonds is 9. The van der Waals surface area contributed by atoms with Crippen molar-refractivity contribution in [2.24, 2.45) is 7.05 Å². The number of benzene rings is 2. The molecule has 0 saturated carbocycles. The first-order valence-corrected chi connectivity index (χ1v) is 13.1. The predicted octanol–water partition coefficient (Wildman–Crippen LogP) is 5.47. The first-order valence-electron chi connectivity index (χ1n) is 11.6. The molecule has 13 heteroatoms. The van der Waals surface area contributed by atoms with Crippen molar-refractivity contribution in [3.05, 3.63) is 80.7 Å². The summed E-state index contributed by atoms with van der Waals surface area (Å²) in [5, 5.41) is 11.1. The van der Waals surface area contributed by atoms with E-state index in [0.717, 1.165) is 0 Å². The summed E-state index contributed by atoms with van der Waals surface area (Å²) in [6.07, 6.45) is 1.31. The van der Waals surface area contributed by atoms with Crippen LogP contribution in [0.15, 0.2) is 36.5 Å². The van der Waals surface area contributed by atoms with Gasteiger partial charge < -0.3 is 19.4 Å². The molecule has 0 saturated heterocycles. The molecule has 0 fully saturated rings. The highest BCUT2D eigenvalue weighted by Gasteiger charge is 2.34. The molecular weight excluding hydrogens is 523 g/mol. The molecule has 0 amide bonds. The van der Waals surface area contributed by atoms with Gasteiger partial charge in [0.1, 0.15) is 35.9 Å². The quantitative estimate of drug-likeness (QED) is 0.202. The van der Waals surface area contributed by atoms with Gasteiger partial charge in [0.05, 0.1) is 7.05 Å². The maximum Gasteiger partial charge on any atom is 0.524 e. The topological polar surface area (TPSA) is 137 Å². The number of aromatic nitrogens is 2. The molecular formula is C25H30F2N3O7P. The monoisotopic (exact) mass is 553 g/mol. The summed E-state index contributed by atoms with van der Waals surface area (Å²) in [5.74, 6) is -1.75. The van der Waals surface area contributed by atoms with Gasteiger partial charge in [0.2, 0.25) is 0 Å². The van der Waals surface area contributed by atoms with Gasteiger partial charge in [0.15, 0.2) is 5.69 Å². The number of phosphoric ester groups is 1. The van der Waals surface area contributed by atoms with Gasteiger partial charge in [-0.05, 0) is 40.5 Å². The highest BCUT2D eigenvalue weighted by Crippen LogP contribution is 2.45. The van der Waals surface area contributed by atoms with Crippen molar-refractivity contribution in [1.29, 1.82) is 0 Å². The fraction of sp³-hybridized carbons (Fsp3) is 0.400. The number of hydrogen-bond donors (Lipinski definition) is 2. The number of hydrogen-bond acceptors (Lipinski definition) is 6. The SMILES string of the molecule is Cn1c(COc2cccc(F)c2C(C)(C)Cc2ccc(OP(=O)(O)O)c(C(C)(C)C)c2F)cnc1[N+](=O)[O-]. The van der Waals surface area contributed by atoms with Crippen LogP contribution in [0.1, 0.15) is 57.0 Å². The number of ether oxygens (including phenoxy) is 1. The predicted molar refractivity (Wildman–Crippen MR) is 135 cm³/mol. The summed E-state index contributed by atoms with van der Waals surface area (Å²) in [4.78, 5) is 32.7. The van der Waals surface area contributed by atoms with Crippen LogP contribution < -0.4 is 9.26 Å². The average molecular weight is 553 g/mol. The first-order chi connectivity index (χ1) is 17.4. The number of halogens is 2. The van der Waals surface area contributed by atoms with Crippen molar-refractivity contribution in [1.82, 2.24) is 9.55 Å². The van der Waals surface area contributed by atoms with Crippen LogP contribution in [-0.4, -0.2) is 24.3 Å². The van der Waals surface area contributed by atoms with E-state index in [1.54, 1.807) is 40.7 Å². The number of nitrogens with zero attached hydrogens (tertiary/aromatic N) is 3. The second-order valence-electron chi connectivity index (χ2n) is 10.6. The fourth-order valence-corrected chi connectivity index (χ4v) is 4.78. The number of nitro groups is 1. The van der Waals surface area contributed by atoms with Crippen LogP contribution in [0.5, 0.6) is 11.5 Å². The van der Waals surface area contributed by atoms with Crippen LogP contribution in [0.4, 0.5) is 14.7 Å². The van der Waals surface area contributed by atoms with E-state index in [1.165, 1.54) is 42.1 Å². The highest BCUT2D eigenvalue weighted by molar-refractivity contribution is 7.46. The van der Waals surface area contributed by atoms with E-state index in [9.17, 15) is 24.5 Å². The van der Waals surface area contributed by atoms with Gasteiger partial charge in [-0.3, -0.25) is 9.79 Å². The van der Waals surface area contributed by atoms with E-state index in [0.29, 0.717) is 5.69 Å². The Morgan fingerprint density at radius 2 is 1.74 bits per heavy atom. The van der Waals surface area contributed by atoms with Crippen molar-refractivity contribution in [3.8, 4) is 11.5 Å². The van der Waals surface area contributed by atoms with Crippen LogP contribution in [-0.2, 0) is 35.5 Å². The zero-order chi connectivity index (χ0) is 28.6. The molecule has 3 aromatic rings. The molecule has 0 unspecified atom stereocenters. The molecule has 0 aliphatic heterocycles. The Bertz CT molecular complexity index is 1410. The molecule has 0 spiro atoms. The zero-order valence-electron chi connectivity index (χ0n) is 21.9. The number of phosphoric acid groups is 1. The highest BCUT2D eigenvalue weighted by atomic mass is 31.2. The van der Waals surface area contributed by atoms with Gasteiger partial charge in [0, 0.05) is 16.5 Å². The molecule has 38 heavy (non-hydrogen) atoms. The third-order valence-electron chi connectivity index (χ3n) is 6.03. The lowest BCUT2D eigenvalue weighted by Gasteiger charge is -2.30. The molecule has 1 aromatic heterocycles. The summed E-state index contributed by atoms with van der Waals surface area (Å²) in [5.41, 5.74) is -1.14. The molecule has 206 valence electrons. The Morgan fingerprint density at radius 1 is 1.08 bits per heavy atom. The van der Waals surface area contributed by atoms with Crippen LogP contribution in [0.2, 0.25) is 0 Å². The largest absolute Gasteiger partial charge is 0.524 e. The lowest BCUT2D eigenvalue weighted by molar-refractivity contribution is -0.396. The normalized spacial score (nSPS) is 12.5. The molecule has 2 N–H and O–H groups in total. The standard InChI is InChI=1S/C25H30F2N3O7P/c1-24(2,3)21-19(37-38(33,34)35)11-10-15(22(21)27)12-25(4,5)20-17(26)8-7-9-18(20)36-14-16-13-28-23(29(16)6)30(31)32/h7-11,13H,12,14H2,1-6H3,(H2,33,34,35). The van der Waals surface area contributed by atoms with Gasteiger partial charge in [-0.2, -0.15) is 0 Å². The van der Waals surface area contributed by atoms with E-state index < -0.39 is 35.2 Å². The number of imidazole rings is 1. The van der Waals surface area contributed by atoms with Gasteiger partial charge in [-0.1, -0.05) is 51.7 Å².